The number of aryl methyl sites for hydroxylation is 2. The number of anilines is 1. The maximum atomic E-state index is 13.1. The Bertz CT molecular complexity index is 1070. The van der Waals surface area contributed by atoms with Crippen molar-refractivity contribution in [2.45, 2.75) is 12.5 Å². The van der Waals surface area contributed by atoms with E-state index in [1.54, 1.807) is 53.8 Å². The molecule has 0 unspecified atom stereocenters. The van der Waals surface area contributed by atoms with E-state index in [4.69, 9.17) is 4.74 Å². The standard InChI is InChI=1S/C20H22N6O3/c1-24-9-13(8-21-24)20(28)26-11-14-10-25(2)23-18(14)15(12-26)19(27)22-16-6-4-5-7-17(16)29-3/h4-10,15H,11-12H2,1-3H3,(H,22,27)/t15-/m0/s1. The fourth-order valence-corrected chi connectivity index (χ4v) is 3.59. The van der Waals surface area contributed by atoms with Crippen LogP contribution in [0.3, 0.4) is 0 Å². The molecule has 0 fully saturated rings. The molecular formula is C20H22N6O3. The molecule has 1 aromatic carbocycles. The minimum Gasteiger partial charge on any atom is -0.495 e. The number of carbonyl (C=O) groups is 2. The van der Waals surface area contributed by atoms with Crippen molar-refractivity contribution in [3.05, 3.63) is 59.7 Å². The van der Waals surface area contributed by atoms with Crippen LogP contribution >= 0.6 is 0 Å². The number of hydrogen-bond donors (Lipinski definition) is 1. The van der Waals surface area contributed by atoms with Crippen LogP contribution in [0.1, 0.15) is 27.5 Å². The lowest BCUT2D eigenvalue weighted by Crippen LogP contribution is -2.42. The van der Waals surface area contributed by atoms with Crippen LogP contribution in [0.4, 0.5) is 5.69 Å². The zero-order valence-corrected chi connectivity index (χ0v) is 16.5. The van der Waals surface area contributed by atoms with E-state index < -0.39 is 5.92 Å². The van der Waals surface area contributed by atoms with Crippen molar-refractivity contribution >= 4 is 17.5 Å². The predicted octanol–water partition coefficient (Wildman–Crippen LogP) is 1.54. The third kappa shape index (κ3) is 3.58. The van der Waals surface area contributed by atoms with Crippen LogP contribution in [0.2, 0.25) is 0 Å². The lowest BCUT2D eigenvalue weighted by atomic mass is 9.95. The summed E-state index contributed by atoms with van der Waals surface area (Å²) in [6, 6.07) is 7.21. The summed E-state index contributed by atoms with van der Waals surface area (Å²) in [5, 5.41) is 11.5. The van der Waals surface area contributed by atoms with E-state index in [1.165, 1.54) is 6.20 Å². The summed E-state index contributed by atoms with van der Waals surface area (Å²) in [5.74, 6) is -0.424. The number of fused-ring (bicyclic) bond motifs is 1. The Balaban J connectivity index is 1.62. The maximum Gasteiger partial charge on any atom is 0.257 e. The molecule has 9 heteroatoms. The molecule has 1 N–H and O–H groups in total. The number of amides is 2. The van der Waals surface area contributed by atoms with Crippen LogP contribution in [0.5, 0.6) is 5.75 Å². The first kappa shape index (κ1) is 18.7. The van der Waals surface area contributed by atoms with Gasteiger partial charge >= 0.3 is 0 Å². The molecule has 0 saturated carbocycles. The van der Waals surface area contributed by atoms with Gasteiger partial charge in [-0.2, -0.15) is 10.2 Å². The highest BCUT2D eigenvalue weighted by Gasteiger charge is 2.36. The summed E-state index contributed by atoms with van der Waals surface area (Å²) in [4.78, 5) is 27.8. The van der Waals surface area contributed by atoms with Gasteiger partial charge in [-0.1, -0.05) is 12.1 Å². The SMILES string of the molecule is COc1ccccc1NC(=O)[C@H]1CN(C(=O)c2cnn(C)c2)Cc2cn(C)nc21. The van der Waals surface area contributed by atoms with E-state index in [2.05, 4.69) is 15.5 Å². The molecule has 2 aromatic heterocycles. The van der Waals surface area contributed by atoms with Gasteiger partial charge in [-0.25, -0.2) is 0 Å². The van der Waals surface area contributed by atoms with Gasteiger partial charge in [0.15, 0.2) is 0 Å². The Morgan fingerprint density at radius 1 is 1.17 bits per heavy atom. The molecule has 150 valence electrons. The molecule has 0 saturated heterocycles. The molecule has 1 aliphatic rings. The first-order valence-electron chi connectivity index (χ1n) is 9.20. The van der Waals surface area contributed by atoms with E-state index in [-0.39, 0.29) is 18.4 Å². The second-order valence-electron chi connectivity index (χ2n) is 7.04. The summed E-state index contributed by atoms with van der Waals surface area (Å²) in [5.41, 5.74) is 2.61. The van der Waals surface area contributed by atoms with Crippen molar-refractivity contribution in [2.75, 3.05) is 19.0 Å². The third-order valence-corrected chi connectivity index (χ3v) is 4.95. The van der Waals surface area contributed by atoms with Gasteiger partial charge in [-0.05, 0) is 12.1 Å². The minimum atomic E-state index is -0.592. The maximum absolute atomic E-state index is 13.1. The average Bonchev–Trinajstić information content (AvgIpc) is 3.31. The number of carbonyl (C=O) groups excluding carboxylic acids is 2. The Morgan fingerprint density at radius 2 is 1.97 bits per heavy atom. The van der Waals surface area contributed by atoms with Crippen LogP contribution in [-0.4, -0.2) is 49.9 Å². The van der Waals surface area contributed by atoms with E-state index in [0.717, 1.165) is 5.56 Å². The van der Waals surface area contributed by atoms with Crippen molar-refractivity contribution in [3.63, 3.8) is 0 Å². The number of nitrogens with zero attached hydrogens (tertiary/aromatic N) is 5. The van der Waals surface area contributed by atoms with Crippen LogP contribution in [-0.2, 0) is 25.4 Å². The Hall–Kier alpha value is -3.62. The van der Waals surface area contributed by atoms with E-state index in [0.29, 0.717) is 29.2 Å². The molecular weight excluding hydrogens is 372 g/mol. The molecule has 3 heterocycles. The third-order valence-electron chi connectivity index (χ3n) is 4.95. The Morgan fingerprint density at radius 3 is 2.69 bits per heavy atom. The molecule has 29 heavy (non-hydrogen) atoms. The number of ether oxygens (including phenoxy) is 1. The van der Waals surface area contributed by atoms with Crippen molar-refractivity contribution in [1.29, 1.82) is 0 Å². The van der Waals surface area contributed by atoms with E-state index in [9.17, 15) is 9.59 Å². The summed E-state index contributed by atoms with van der Waals surface area (Å²) >= 11 is 0. The highest BCUT2D eigenvalue weighted by Crippen LogP contribution is 2.31. The van der Waals surface area contributed by atoms with Crippen LogP contribution in [0.15, 0.2) is 42.9 Å². The van der Waals surface area contributed by atoms with Gasteiger partial charge in [0.1, 0.15) is 11.7 Å². The molecule has 2 amide bonds. The number of rotatable bonds is 4. The predicted molar refractivity (Wildman–Crippen MR) is 106 cm³/mol. The average molecular weight is 394 g/mol. The number of hydrogen-bond acceptors (Lipinski definition) is 5. The number of aromatic nitrogens is 4. The second kappa shape index (κ2) is 7.42. The monoisotopic (exact) mass is 394 g/mol. The molecule has 0 bridgehead atoms. The fourth-order valence-electron chi connectivity index (χ4n) is 3.59. The van der Waals surface area contributed by atoms with Crippen LogP contribution in [0.25, 0.3) is 0 Å². The van der Waals surface area contributed by atoms with E-state index in [1.807, 2.05) is 18.3 Å². The highest BCUT2D eigenvalue weighted by atomic mass is 16.5. The molecule has 3 aromatic rings. The van der Waals surface area contributed by atoms with Crippen molar-refractivity contribution in [2.24, 2.45) is 14.1 Å². The molecule has 0 aliphatic carbocycles. The zero-order valence-electron chi connectivity index (χ0n) is 16.5. The fraction of sp³-hybridized carbons (Fsp3) is 0.300. The quantitative estimate of drug-likeness (QED) is 0.724. The number of methoxy groups -OCH3 is 1. The van der Waals surface area contributed by atoms with Gasteiger partial charge in [0.2, 0.25) is 5.91 Å². The van der Waals surface area contributed by atoms with Gasteiger partial charge in [-0.3, -0.25) is 19.0 Å². The smallest absolute Gasteiger partial charge is 0.257 e. The molecule has 9 nitrogen and oxygen atoms in total. The number of benzene rings is 1. The molecule has 1 atom stereocenters. The topological polar surface area (TPSA) is 94.3 Å². The van der Waals surface area contributed by atoms with Gasteiger partial charge in [0.05, 0.1) is 30.3 Å². The molecule has 4 rings (SSSR count). The van der Waals surface area contributed by atoms with Crippen molar-refractivity contribution in [3.8, 4) is 5.75 Å². The van der Waals surface area contributed by atoms with Crippen molar-refractivity contribution < 1.29 is 14.3 Å². The van der Waals surface area contributed by atoms with Gasteiger partial charge in [0.25, 0.3) is 5.91 Å². The second-order valence-corrected chi connectivity index (χ2v) is 7.04. The van der Waals surface area contributed by atoms with Gasteiger partial charge < -0.3 is 15.0 Å². The first-order valence-corrected chi connectivity index (χ1v) is 9.20. The Labute approximate surface area is 167 Å². The lowest BCUT2D eigenvalue weighted by Gasteiger charge is -2.31. The van der Waals surface area contributed by atoms with E-state index >= 15 is 0 Å². The largest absolute Gasteiger partial charge is 0.495 e. The normalized spacial score (nSPS) is 15.7. The molecule has 0 spiro atoms. The van der Waals surface area contributed by atoms with Gasteiger partial charge in [-0.15, -0.1) is 0 Å². The van der Waals surface area contributed by atoms with Crippen LogP contribution < -0.4 is 10.1 Å². The first-order chi connectivity index (χ1) is 14.0. The molecule has 1 aliphatic heterocycles. The summed E-state index contributed by atoms with van der Waals surface area (Å²) < 4.78 is 8.57. The molecule has 0 radical (unpaired) electrons. The zero-order chi connectivity index (χ0) is 20.5. The van der Waals surface area contributed by atoms with Crippen molar-refractivity contribution in [1.82, 2.24) is 24.5 Å². The lowest BCUT2D eigenvalue weighted by molar-refractivity contribution is -0.118. The number of para-hydroxylation sites is 2. The minimum absolute atomic E-state index is 0.164. The number of nitrogens with one attached hydrogen (secondary N) is 1. The summed E-state index contributed by atoms with van der Waals surface area (Å²) in [6.45, 7) is 0.633. The Kier molecular flexibility index (Phi) is 4.79. The van der Waals surface area contributed by atoms with Crippen LogP contribution in [0, 0.1) is 0 Å². The highest BCUT2D eigenvalue weighted by molar-refractivity contribution is 5.99. The summed E-state index contributed by atoms with van der Waals surface area (Å²) in [7, 11) is 5.12. The summed E-state index contributed by atoms with van der Waals surface area (Å²) in [6.07, 6.45) is 5.05. The van der Waals surface area contributed by atoms with Gasteiger partial charge in [0, 0.05) is 45.1 Å².